The first-order valence-corrected chi connectivity index (χ1v) is 6.09. The van der Waals surface area contributed by atoms with E-state index in [0.717, 1.165) is 16.9 Å². The van der Waals surface area contributed by atoms with Crippen LogP contribution in [0.5, 0.6) is 0 Å². The van der Waals surface area contributed by atoms with Gasteiger partial charge in [0.05, 0.1) is 0 Å². The first-order valence-electron chi connectivity index (χ1n) is 6.09. The molecule has 1 aliphatic rings. The van der Waals surface area contributed by atoms with E-state index >= 15 is 0 Å². The first-order chi connectivity index (χ1) is 8.56. The van der Waals surface area contributed by atoms with Gasteiger partial charge in [-0.25, -0.2) is 0 Å². The van der Waals surface area contributed by atoms with Crippen molar-refractivity contribution in [3.8, 4) is 0 Å². The van der Waals surface area contributed by atoms with E-state index < -0.39 is 12.0 Å². The third kappa shape index (κ3) is 3.34. The number of rotatable bonds is 6. The number of carboxylic acid groups (broad SMARTS) is 1. The van der Waals surface area contributed by atoms with Crippen molar-refractivity contribution in [1.82, 2.24) is 0 Å². The molecule has 1 aromatic carbocycles. The molecule has 1 aliphatic carbocycles. The van der Waals surface area contributed by atoms with Gasteiger partial charge in [0.1, 0.15) is 6.04 Å². The van der Waals surface area contributed by atoms with Gasteiger partial charge >= 0.3 is 5.97 Å². The molecule has 0 aliphatic heterocycles. The van der Waals surface area contributed by atoms with Crippen LogP contribution in [-0.4, -0.2) is 17.1 Å². The van der Waals surface area contributed by atoms with Gasteiger partial charge in [0.2, 0.25) is 0 Å². The molecule has 1 saturated carbocycles. The number of hydrogen-bond donors (Lipinski definition) is 3. The van der Waals surface area contributed by atoms with Crippen molar-refractivity contribution in [1.29, 1.82) is 0 Å². The summed E-state index contributed by atoms with van der Waals surface area (Å²) < 4.78 is 0. The summed E-state index contributed by atoms with van der Waals surface area (Å²) in [4.78, 5) is 10.6. The number of nitrogens with two attached hydrogens (primary N) is 1. The van der Waals surface area contributed by atoms with Gasteiger partial charge in [-0.3, -0.25) is 4.79 Å². The number of hydrogen-bond acceptors (Lipinski definition) is 3. The number of carboxylic acids is 1. The van der Waals surface area contributed by atoms with Gasteiger partial charge in [-0.05, 0) is 42.9 Å². The standard InChI is InChI=1S/C14H18N2O2/c1-9(11-4-5-11)16-12-6-2-10(3-7-12)8-13(15)14(17)18/h2-3,6-7,11,13,16H,1,4-5,8,15H2,(H,17,18)/t13-/m0/s1. The van der Waals surface area contributed by atoms with Crippen molar-refractivity contribution < 1.29 is 9.90 Å². The minimum Gasteiger partial charge on any atom is -0.480 e. The Labute approximate surface area is 107 Å². The molecule has 1 aromatic rings. The van der Waals surface area contributed by atoms with Gasteiger partial charge in [-0.15, -0.1) is 0 Å². The average Bonchev–Trinajstić information content (AvgIpc) is 3.15. The molecular formula is C14H18N2O2. The van der Waals surface area contributed by atoms with Crippen LogP contribution in [0.15, 0.2) is 36.5 Å². The van der Waals surface area contributed by atoms with Crippen LogP contribution in [0.1, 0.15) is 18.4 Å². The Morgan fingerprint density at radius 3 is 2.56 bits per heavy atom. The third-order valence-corrected chi connectivity index (χ3v) is 3.10. The molecule has 0 amide bonds. The highest BCUT2D eigenvalue weighted by Gasteiger charge is 2.24. The second kappa shape index (κ2) is 5.23. The highest BCUT2D eigenvalue weighted by Crippen LogP contribution is 2.35. The summed E-state index contributed by atoms with van der Waals surface area (Å²) in [5.74, 6) is -0.357. The zero-order chi connectivity index (χ0) is 13.1. The molecule has 0 radical (unpaired) electrons. The molecule has 0 heterocycles. The Hall–Kier alpha value is -1.81. The molecule has 2 rings (SSSR count). The second-order valence-corrected chi connectivity index (χ2v) is 4.77. The molecular weight excluding hydrogens is 228 g/mol. The summed E-state index contributed by atoms with van der Waals surface area (Å²) >= 11 is 0. The van der Waals surface area contributed by atoms with E-state index in [2.05, 4.69) is 11.9 Å². The number of allylic oxidation sites excluding steroid dienone is 1. The molecule has 4 heteroatoms. The Morgan fingerprint density at radius 1 is 1.44 bits per heavy atom. The normalized spacial score (nSPS) is 16.1. The van der Waals surface area contributed by atoms with Crippen LogP contribution < -0.4 is 11.1 Å². The highest BCUT2D eigenvalue weighted by molar-refractivity contribution is 5.73. The van der Waals surface area contributed by atoms with E-state index in [9.17, 15) is 4.79 Å². The quantitative estimate of drug-likeness (QED) is 0.717. The van der Waals surface area contributed by atoms with Crippen molar-refractivity contribution in [3.63, 3.8) is 0 Å². The number of carbonyl (C=O) groups is 1. The van der Waals surface area contributed by atoms with Gasteiger partial charge in [-0.1, -0.05) is 18.7 Å². The molecule has 1 fully saturated rings. The fourth-order valence-corrected chi connectivity index (χ4v) is 1.78. The van der Waals surface area contributed by atoms with Crippen LogP contribution in [0.2, 0.25) is 0 Å². The van der Waals surface area contributed by atoms with Crippen molar-refractivity contribution in [2.75, 3.05) is 5.32 Å². The average molecular weight is 246 g/mol. The van der Waals surface area contributed by atoms with Gasteiger partial charge in [0.25, 0.3) is 0 Å². The lowest BCUT2D eigenvalue weighted by atomic mass is 10.1. The Kier molecular flexibility index (Phi) is 3.67. The number of benzene rings is 1. The molecule has 0 saturated heterocycles. The number of nitrogens with one attached hydrogen (secondary N) is 1. The van der Waals surface area contributed by atoms with E-state index in [1.54, 1.807) is 0 Å². The molecule has 4 nitrogen and oxygen atoms in total. The maximum atomic E-state index is 10.6. The molecule has 0 unspecified atom stereocenters. The second-order valence-electron chi connectivity index (χ2n) is 4.77. The number of anilines is 1. The maximum Gasteiger partial charge on any atom is 0.320 e. The monoisotopic (exact) mass is 246 g/mol. The van der Waals surface area contributed by atoms with Crippen molar-refractivity contribution >= 4 is 11.7 Å². The molecule has 96 valence electrons. The number of aliphatic carboxylic acids is 1. The van der Waals surface area contributed by atoms with Crippen molar-refractivity contribution in [2.45, 2.75) is 25.3 Å². The van der Waals surface area contributed by atoms with E-state index in [1.165, 1.54) is 12.8 Å². The first kappa shape index (κ1) is 12.6. The van der Waals surface area contributed by atoms with Crippen molar-refractivity contribution in [2.24, 2.45) is 11.7 Å². The van der Waals surface area contributed by atoms with Crippen LogP contribution >= 0.6 is 0 Å². The predicted molar refractivity (Wildman–Crippen MR) is 71.2 cm³/mol. The van der Waals surface area contributed by atoms with Gasteiger partial charge < -0.3 is 16.2 Å². The highest BCUT2D eigenvalue weighted by atomic mass is 16.4. The van der Waals surface area contributed by atoms with E-state index in [0.29, 0.717) is 12.3 Å². The summed E-state index contributed by atoms with van der Waals surface area (Å²) in [6.07, 6.45) is 2.79. The molecule has 4 N–H and O–H groups in total. The molecule has 0 spiro atoms. The van der Waals surface area contributed by atoms with Crippen LogP contribution in [0.25, 0.3) is 0 Å². The van der Waals surface area contributed by atoms with Crippen molar-refractivity contribution in [3.05, 3.63) is 42.1 Å². The summed E-state index contributed by atoms with van der Waals surface area (Å²) in [6, 6.07) is 6.80. The Bertz CT molecular complexity index is 449. The molecule has 1 atom stereocenters. The van der Waals surface area contributed by atoms with Gasteiger partial charge in [-0.2, -0.15) is 0 Å². The zero-order valence-electron chi connectivity index (χ0n) is 10.2. The van der Waals surface area contributed by atoms with Gasteiger partial charge in [0.15, 0.2) is 0 Å². The Balaban J connectivity index is 1.92. The van der Waals surface area contributed by atoms with E-state index in [4.69, 9.17) is 10.8 Å². The predicted octanol–water partition coefficient (Wildman–Crippen LogP) is 1.98. The molecule has 0 bridgehead atoms. The lowest BCUT2D eigenvalue weighted by molar-refractivity contribution is -0.138. The fourth-order valence-electron chi connectivity index (χ4n) is 1.78. The SMILES string of the molecule is C=C(Nc1ccc(C[C@H](N)C(=O)O)cc1)C1CC1. The smallest absolute Gasteiger partial charge is 0.320 e. The summed E-state index contributed by atoms with van der Waals surface area (Å²) in [5, 5.41) is 12.0. The van der Waals surface area contributed by atoms with Crippen LogP contribution in [0.4, 0.5) is 5.69 Å². The van der Waals surface area contributed by atoms with Crippen LogP contribution in [0, 0.1) is 5.92 Å². The lowest BCUT2D eigenvalue weighted by Crippen LogP contribution is -2.32. The minimum absolute atomic E-state index is 0.346. The summed E-state index contributed by atoms with van der Waals surface area (Å²) in [6.45, 7) is 4.00. The zero-order valence-corrected chi connectivity index (χ0v) is 10.2. The molecule has 18 heavy (non-hydrogen) atoms. The fraction of sp³-hybridized carbons (Fsp3) is 0.357. The maximum absolute atomic E-state index is 10.6. The Morgan fingerprint density at radius 2 is 2.06 bits per heavy atom. The lowest BCUT2D eigenvalue weighted by Gasteiger charge is -2.10. The topological polar surface area (TPSA) is 75.3 Å². The van der Waals surface area contributed by atoms with E-state index in [1.807, 2.05) is 24.3 Å². The summed E-state index contributed by atoms with van der Waals surface area (Å²) in [5.41, 5.74) is 8.46. The largest absolute Gasteiger partial charge is 0.480 e. The third-order valence-electron chi connectivity index (χ3n) is 3.10. The van der Waals surface area contributed by atoms with E-state index in [-0.39, 0.29) is 0 Å². The van der Waals surface area contributed by atoms with Crippen LogP contribution in [0.3, 0.4) is 0 Å². The molecule has 0 aromatic heterocycles. The summed E-state index contributed by atoms with van der Waals surface area (Å²) in [7, 11) is 0. The minimum atomic E-state index is -0.973. The van der Waals surface area contributed by atoms with Crippen LogP contribution in [-0.2, 0) is 11.2 Å². The van der Waals surface area contributed by atoms with Gasteiger partial charge in [0, 0.05) is 11.4 Å².